The molecule has 2 aromatic heterocycles. The quantitative estimate of drug-likeness (QED) is 0.867. The second-order valence-electron chi connectivity index (χ2n) is 5.66. The Morgan fingerprint density at radius 1 is 1.39 bits per heavy atom. The summed E-state index contributed by atoms with van der Waals surface area (Å²) in [4.78, 5) is 18.4. The van der Waals surface area contributed by atoms with E-state index in [0.717, 1.165) is 43.2 Å². The Labute approximate surface area is 134 Å². The van der Waals surface area contributed by atoms with Crippen LogP contribution in [0.25, 0.3) is 5.65 Å². The van der Waals surface area contributed by atoms with Crippen molar-refractivity contribution in [2.75, 3.05) is 31.2 Å². The maximum Gasteiger partial charge on any atom is 0.246 e. The predicted molar refractivity (Wildman–Crippen MR) is 85.4 cm³/mol. The molecule has 8 nitrogen and oxygen atoms in total. The Morgan fingerprint density at radius 3 is 2.91 bits per heavy atom. The lowest BCUT2D eigenvalue weighted by molar-refractivity contribution is -0.126. The Bertz CT molecular complexity index is 678. The van der Waals surface area contributed by atoms with E-state index in [4.69, 9.17) is 4.74 Å². The third-order valence-corrected chi connectivity index (χ3v) is 4.08. The number of amides is 1. The first-order chi connectivity index (χ1) is 11.2. The van der Waals surface area contributed by atoms with Crippen LogP contribution in [0.3, 0.4) is 0 Å². The summed E-state index contributed by atoms with van der Waals surface area (Å²) in [6.45, 7) is 6.15. The number of fused-ring (bicyclic) bond motifs is 1. The molecule has 0 aliphatic carbocycles. The van der Waals surface area contributed by atoms with Crippen LogP contribution in [0.2, 0.25) is 0 Å². The van der Waals surface area contributed by atoms with Gasteiger partial charge in [0.05, 0.1) is 0 Å². The number of piperidine rings is 1. The summed E-state index contributed by atoms with van der Waals surface area (Å²) in [7, 11) is 0. The number of carbonyl (C=O) groups is 1. The largest absolute Gasteiger partial charge is 0.372 e. The molecular formula is C15H22N6O2. The molecule has 0 saturated carbocycles. The molecule has 0 atom stereocenters. The monoisotopic (exact) mass is 318 g/mol. The minimum Gasteiger partial charge on any atom is -0.372 e. The van der Waals surface area contributed by atoms with E-state index in [-0.39, 0.29) is 18.6 Å². The van der Waals surface area contributed by atoms with Crippen LogP contribution in [0.4, 0.5) is 5.82 Å². The highest BCUT2D eigenvalue weighted by atomic mass is 16.5. The van der Waals surface area contributed by atoms with Gasteiger partial charge in [0.1, 0.15) is 12.4 Å². The second kappa shape index (κ2) is 6.91. The number of ether oxygens (including phenoxy) is 1. The maximum atomic E-state index is 11.7. The predicted octanol–water partition coefficient (Wildman–Crippen LogP) is 0.554. The van der Waals surface area contributed by atoms with Crippen LogP contribution in [0.15, 0.2) is 12.4 Å². The number of rotatable bonds is 5. The van der Waals surface area contributed by atoms with E-state index < -0.39 is 0 Å². The van der Waals surface area contributed by atoms with Gasteiger partial charge in [0, 0.05) is 38.1 Å². The molecule has 0 unspecified atom stereocenters. The van der Waals surface area contributed by atoms with Crippen LogP contribution < -0.4 is 10.2 Å². The summed E-state index contributed by atoms with van der Waals surface area (Å²) < 4.78 is 7.07. The fraction of sp³-hybridized carbons (Fsp3) is 0.600. The fourth-order valence-electron chi connectivity index (χ4n) is 2.85. The highest BCUT2D eigenvalue weighted by Gasteiger charge is 2.23. The van der Waals surface area contributed by atoms with E-state index in [1.165, 1.54) is 0 Å². The number of nitrogens with one attached hydrogen (secondary N) is 1. The second-order valence-corrected chi connectivity index (χ2v) is 5.66. The molecule has 0 bridgehead atoms. The number of nitrogens with zero attached hydrogens (tertiary/aromatic N) is 5. The Morgan fingerprint density at radius 2 is 2.17 bits per heavy atom. The molecule has 1 amide bonds. The minimum absolute atomic E-state index is 0.0430. The number of hydrogen-bond donors (Lipinski definition) is 1. The van der Waals surface area contributed by atoms with E-state index in [9.17, 15) is 4.79 Å². The minimum atomic E-state index is -0.0430. The highest BCUT2D eigenvalue weighted by Crippen LogP contribution is 2.21. The number of aromatic nitrogens is 4. The van der Waals surface area contributed by atoms with Gasteiger partial charge in [-0.3, -0.25) is 9.20 Å². The van der Waals surface area contributed by atoms with Gasteiger partial charge in [-0.05, 0) is 26.7 Å². The van der Waals surface area contributed by atoms with Gasteiger partial charge in [0.25, 0.3) is 0 Å². The molecule has 0 radical (unpaired) electrons. The summed E-state index contributed by atoms with van der Waals surface area (Å²) in [5.74, 6) is 1.66. The molecular weight excluding hydrogens is 296 g/mol. The zero-order valence-corrected chi connectivity index (χ0v) is 13.5. The standard InChI is InChI=1S/C15H22N6O2/c1-3-23-10-13(22)17-12-4-7-20(8-5-12)14-15-19-18-11(2)21(15)9-6-16-14/h6,9,12H,3-5,7-8,10H2,1-2H3,(H,17,22). The molecule has 124 valence electrons. The van der Waals surface area contributed by atoms with Gasteiger partial charge >= 0.3 is 0 Å². The van der Waals surface area contributed by atoms with E-state index >= 15 is 0 Å². The topological polar surface area (TPSA) is 84.7 Å². The van der Waals surface area contributed by atoms with Crippen molar-refractivity contribution in [1.29, 1.82) is 0 Å². The van der Waals surface area contributed by atoms with Crippen molar-refractivity contribution in [3.63, 3.8) is 0 Å². The molecule has 23 heavy (non-hydrogen) atoms. The summed E-state index contributed by atoms with van der Waals surface area (Å²) in [5.41, 5.74) is 0.781. The lowest BCUT2D eigenvalue weighted by Crippen LogP contribution is -2.46. The van der Waals surface area contributed by atoms with Crippen LogP contribution in [0.1, 0.15) is 25.6 Å². The number of hydrogen-bond acceptors (Lipinski definition) is 6. The maximum absolute atomic E-state index is 11.7. The summed E-state index contributed by atoms with van der Waals surface area (Å²) in [6, 6.07) is 0.193. The van der Waals surface area contributed by atoms with Crippen molar-refractivity contribution in [3.05, 3.63) is 18.2 Å². The van der Waals surface area contributed by atoms with Gasteiger partial charge in [-0.2, -0.15) is 0 Å². The van der Waals surface area contributed by atoms with Crippen molar-refractivity contribution in [3.8, 4) is 0 Å². The van der Waals surface area contributed by atoms with Crippen molar-refractivity contribution in [1.82, 2.24) is 24.9 Å². The molecule has 3 heterocycles. The number of aryl methyl sites for hydroxylation is 1. The Hall–Kier alpha value is -2.22. The van der Waals surface area contributed by atoms with E-state index in [2.05, 4.69) is 25.4 Å². The van der Waals surface area contributed by atoms with Crippen LogP contribution in [0.5, 0.6) is 0 Å². The van der Waals surface area contributed by atoms with Crippen LogP contribution in [0, 0.1) is 6.92 Å². The molecule has 8 heteroatoms. The number of anilines is 1. The van der Waals surface area contributed by atoms with E-state index in [1.54, 1.807) is 6.20 Å². The molecule has 1 aliphatic rings. The van der Waals surface area contributed by atoms with Gasteiger partial charge < -0.3 is 15.0 Å². The van der Waals surface area contributed by atoms with Crippen LogP contribution in [-0.2, 0) is 9.53 Å². The van der Waals surface area contributed by atoms with Gasteiger partial charge in [-0.1, -0.05) is 0 Å². The van der Waals surface area contributed by atoms with Gasteiger partial charge in [0.2, 0.25) is 11.6 Å². The van der Waals surface area contributed by atoms with Crippen LogP contribution >= 0.6 is 0 Å². The molecule has 1 aliphatic heterocycles. The summed E-state index contributed by atoms with van der Waals surface area (Å²) in [5, 5.41) is 11.3. The Kier molecular flexibility index (Phi) is 4.71. The van der Waals surface area contributed by atoms with Crippen molar-refractivity contribution in [2.45, 2.75) is 32.7 Å². The lowest BCUT2D eigenvalue weighted by atomic mass is 10.1. The van der Waals surface area contributed by atoms with E-state index in [1.807, 2.05) is 24.4 Å². The fourth-order valence-corrected chi connectivity index (χ4v) is 2.85. The van der Waals surface area contributed by atoms with Gasteiger partial charge in [-0.15, -0.1) is 10.2 Å². The Balaban J connectivity index is 1.61. The third kappa shape index (κ3) is 3.42. The zero-order chi connectivity index (χ0) is 16.2. The summed E-state index contributed by atoms with van der Waals surface area (Å²) >= 11 is 0. The van der Waals surface area contributed by atoms with Crippen molar-refractivity contribution in [2.24, 2.45) is 0 Å². The zero-order valence-electron chi connectivity index (χ0n) is 13.5. The third-order valence-electron chi connectivity index (χ3n) is 4.08. The average Bonchev–Trinajstić information content (AvgIpc) is 2.95. The molecule has 0 aromatic carbocycles. The molecule has 1 saturated heterocycles. The SMILES string of the molecule is CCOCC(=O)NC1CCN(c2nccn3c(C)nnc23)CC1. The molecule has 0 spiro atoms. The smallest absolute Gasteiger partial charge is 0.246 e. The summed E-state index contributed by atoms with van der Waals surface area (Å²) in [6.07, 6.45) is 5.41. The molecule has 1 N–H and O–H groups in total. The van der Waals surface area contributed by atoms with Crippen molar-refractivity contribution < 1.29 is 9.53 Å². The molecule has 3 rings (SSSR count). The first kappa shape index (κ1) is 15.7. The first-order valence-electron chi connectivity index (χ1n) is 7.97. The average molecular weight is 318 g/mol. The van der Waals surface area contributed by atoms with Crippen LogP contribution in [-0.4, -0.2) is 57.8 Å². The van der Waals surface area contributed by atoms with Gasteiger partial charge in [-0.25, -0.2) is 4.98 Å². The number of carbonyl (C=O) groups excluding carboxylic acids is 1. The van der Waals surface area contributed by atoms with E-state index in [0.29, 0.717) is 6.61 Å². The normalized spacial score (nSPS) is 16.0. The van der Waals surface area contributed by atoms with Crippen molar-refractivity contribution >= 4 is 17.4 Å². The first-order valence-corrected chi connectivity index (χ1v) is 7.97. The molecule has 1 fully saturated rings. The van der Waals surface area contributed by atoms with Gasteiger partial charge in [0.15, 0.2) is 5.82 Å². The lowest BCUT2D eigenvalue weighted by Gasteiger charge is -2.33. The molecule has 2 aromatic rings. The highest BCUT2D eigenvalue weighted by molar-refractivity contribution is 5.77.